The highest BCUT2D eigenvalue weighted by Crippen LogP contribution is 2.22. The summed E-state index contributed by atoms with van der Waals surface area (Å²) in [7, 11) is 0. The molecule has 0 aliphatic rings. The van der Waals surface area contributed by atoms with Crippen LogP contribution in [0, 0.1) is 0 Å². The minimum absolute atomic E-state index is 0.139. The van der Waals surface area contributed by atoms with Crippen molar-refractivity contribution in [2.75, 3.05) is 18.5 Å². The predicted molar refractivity (Wildman–Crippen MR) is 81.3 cm³/mol. The third-order valence-corrected chi connectivity index (χ3v) is 3.41. The van der Waals surface area contributed by atoms with Crippen LogP contribution in [0.25, 0.3) is 10.6 Å². The first kappa shape index (κ1) is 13.9. The van der Waals surface area contributed by atoms with Crippen molar-refractivity contribution in [2.24, 2.45) is 0 Å². The summed E-state index contributed by atoms with van der Waals surface area (Å²) < 4.78 is 0. The van der Waals surface area contributed by atoms with Gasteiger partial charge in [0, 0.05) is 19.3 Å². The van der Waals surface area contributed by atoms with Crippen LogP contribution in [0.5, 0.6) is 0 Å². The Morgan fingerprint density at radius 3 is 3.05 bits per heavy atom. The molecular weight excluding hydrogens is 280 g/mol. The molecule has 0 aromatic carbocycles. The van der Waals surface area contributed by atoms with Crippen molar-refractivity contribution in [1.82, 2.24) is 15.3 Å². The zero-order valence-corrected chi connectivity index (χ0v) is 11.8. The normalized spacial score (nSPS) is 10.2. The Kier molecular flexibility index (Phi) is 5.20. The summed E-state index contributed by atoms with van der Waals surface area (Å²) in [6.07, 6.45) is 2.35. The lowest BCUT2D eigenvalue weighted by molar-refractivity contribution is 0.289. The van der Waals surface area contributed by atoms with Crippen LogP contribution in [0.3, 0.4) is 0 Å². The van der Waals surface area contributed by atoms with Gasteiger partial charge in [0.15, 0.2) is 5.11 Å². The molecule has 7 heteroatoms. The summed E-state index contributed by atoms with van der Waals surface area (Å²) in [6.45, 7) is 0.757. The van der Waals surface area contributed by atoms with E-state index in [1.807, 2.05) is 23.6 Å². The molecule has 0 radical (unpaired) electrons. The van der Waals surface area contributed by atoms with Crippen LogP contribution in [0.15, 0.2) is 29.8 Å². The summed E-state index contributed by atoms with van der Waals surface area (Å²) in [6, 6.07) is 5.85. The second-order valence-electron chi connectivity index (χ2n) is 3.70. The minimum atomic E-state index is 0.139. The Hall–Kier alpha value is -1.57. The number of thiocarbonyl (C=S) groups is 1. The Bertz CT molecular complexity index is 530. The van der Waals surface area contributed by atoms with E-state index in [2.05, 4.69) is 20.6 Å². The Balaban J connectivity index is 1.97. The zero-order valence-electron chi connectivity index (χ0n) is 10.2. The molecule has 0 bridgehead atoms. The lowest BCUT2D eigenvalue weighted by atomic mass is 10.3. The van der Waals surface area contributed by atoms with Crippen molar-refractivity contribution >= 4 is 34.6 Å². The number of anilines is 1. The number of hydrogen-bond acceptors (Lipinski definition) is 5. The average molecular weight is 294 g/mol. The molecule has 100 valence electrons. The fourth-order valence-electron chi connectivity index (χ4n) is 1.41. The molecule has 2 aromatic heterocycles. The molecule has 0 saturated carbocycles. The van der Waals surface area contributed by atoms with Crippen molar-refractivity contribution in [3.05, 3.63) is 29.8 Å². The zero-order chi connectivity index (χ0) is 13.5. The van der Waals surface area contributed by atoms with Gasteiger partial charge in [0.05, 0.1) is 10.6 Å². The van der Waals surface area contributed by atoms with Crippen molar-refractivity contribution in [3.8, 4) is 10.6 Å². The highest BCUT2D eigenvalue weighted by molar-refractivity contribution is 7.80. The Labute approximate surface area is 120 Å². The lowest BCUT2D eigenvalue weighted by Gasteiger charge is -2.08. The maximum atomic E-state index is 8.68. The monoisotopic (exact) mass is 294 g/mol. The predicted octanol–water partition coefficient (Wildman–Crippen LogP) is 1.87. The molecule has 0 amide bonds. The number of nitrogens with zero attached hydrogens (tertiary/aromatic N) is 2. The highest BCUT2D eigenvalue weighted by atomic mass is 32.1. The molecule has 3 N–H and O–H groups in total. The molecule has 0 aliphatic heterocycles. The van der Waals surface area contributed by atoms with Crippen LogP contribution < -0.4 is 10.6 Å². The van der Waals surface area contributed by atoms with Gasteiger partial charge in [-0.05, 0) is 36.2 Å². The van der Waals surface area contributed by atoms with Crippen LogP contribution in [-0.4, -0.2) is 33.3 Å². The van der Waals surface area contributed by atoms with Gasteiger partial charge < -0.3 is 15.7 Å². The molecule has 0 atom stereocenters. The van der Waals surface area contributed by atoms with Gasteiger partial charge >= 0.3 is 0 Å². The smallest absolute Gasteiger partial charge is 0.229 e. The van der Waals surface area contributed by atoms with Gasteiger partial charge in [-0.2, -0.15) is 0 Å². The number of rotatable bonds is 5. The van der Waals surface area contributed by atoms with E-state index in [9.17, 15) is 0 Å². The molecule has 0 unspecified atom stereocenters. The summed E-state index contributed by atoms with van der Waals surface area (Å²) in [5.41, 5.74) is 0.866. The van der Waals surface area contributed by atoms with Crippen molar-refractivity contribution in [1.29, 1.82) is 0 Å². The maximum Gasteiger partial charge on any atom is 0.229 e. The van der Waals surface area contributed by atoms with E-state index in [0.717, 1.165) is 10.6 Å². The van der Waals surface area contributed by atoms with E-state index < -0.39 is 0 Å². The van der Waals surface area contributed by atoms with E-state index in [1.54, 1.807) is 17.5 Å². The van der Waals surface area contributed by atoms with Gasteiger partial charge in [-0.3, -0.25) is 0 Å². The van der Waals surface area contributed by atoms with Crippen molar-refractivity contribution in [2.45, 2.75) is 6.42 Å². The second-order valence-corrected chi connectivity index (χ2v) is 5.06. The quantitative estimate of drug-likeness (QED) is 0.578. The largest absolute Gasteiger partial charge is 0.396 e. The standard InChI is InChI=1S/C12H14N4OS2/c17-7-2-5-14-12(18)16-11-13-6-4-9(15-11)10-3-1-8-19-10/h1,3-4,6,8,17H,2,5,7H2,(H2,13,14,15,16,18). The first-order valence-corrected chi connectivity index (χ1v) is 7.11. The first-order chi connectivity index (χ1) is 9.29. The molecule has 2 aromatic rings. The molecule has 0 aliphatic carbocycles. The fraction of sp³-hybridized carbons (Fsp3) is 0.250. The molecule has 19 heavy (non-hydrogen) atoms. The molecule has 0 saturated heterocycles. The molecule has 2 rings (SSSR count). The summed E-state index contributed by atoms with van der Waals surface area (Å²) in [5, 5.41) is 17.0. The number of aromatic nitrogens is 2. The van der Waals surface area contributed by atoms with E-state index >= 15 is 0 Å². The van der Waals surface area contributed by atoms with Gasteiger partial charge in [0.1, 0.15) is 0 Å². The third-order valence-electron chi connectivity index (χ3n) is 2.27. The van der Waals surface area contributed by atoms with Crippen LogP contribution in [0.2, 0.25) is 0 Å². The van der Waals surface area contributed by atoms with E-state index in [-0.39, 0.29) is 6.61 Å². The Morgan fingerprint density at radius 1 is 1.42 bits per heavy atom. The number of nitrogens with one attached hydrogen (secondary N) is 2. The first-order valence-electron chi connectivity index (χ1n) is 5.82. The maximum absolute atomic E-state index is 8.68. The van der Waals surface area contributed by atoms with E-state index in [1.165, 1.54) is 0 Å². The average Bonchev–Trinajstić information content (AvgIpc) is 2.93. The minimum Gasteiger partial charge on any atom is -0.396 e. The lowest BCUT2D eigenvalue weighted by Crippen LogP contribution is -2.30. The van der Waals surface area contributed by atoms with Gasteiger partial charge in [-0.1, -0.05) is 6.07 Å². The van der Waals surface area contributed by atoms with Gasteiger partial charge in [0.2, 0.25) is 5.95 Å². The summed E-state index contributed by atoms with van der Waals surface area (Å²) >= 11 is 6.74. The molecule has 0 fully saturated rings. The molecule has 5 nitrogen and oxygen atoms in total. The topological polar surface area (TPSA) is 70.1 Å². The van der Waals surface area contributed by atoms with Crippen molar-refractivity contribution < 1.29 is 5.11 Å². The summed E-state index contributed by atoms with van der Waals surface area (Å²) in [5.74, 6) is 0.465. The number of hydrogen-bond donors (Lipinski definition) is 3. The van der Waals surface area contributed by atoms with E-state index in [0.29, 0.717) is 24.0 Å². The second kappa shape index (κ2) is 7.13. The van der Waals surface area contributed by atoms with Gasteiger partial charge in [0.25, 0.3) is 0 Å². The number of aliphatic hydroxyl groups excluding tert-OH is 1. The Morgan fingerprint density at radius 2 is 2.32 bits per heavy atom. The SMILES string of the molecule is OCCCNC(=S)Nc1nccc(-c2cccs2)n1. The number of aliphatic hydroxyl groups is 1. The van der Waals surface area contributed by atoms with Gasteiger partial charge in [-0.25, -0.2) is 9.97 Å². The van der Waals surface area contributed by atoms with Crippen molar-refractivity contribution in [3.63, 3.8) is 0 Å². The fourth-order valence-corrected chi connectivity index (χ4v) is 2.30. The van der Waals surface area contributed by atoms with E-state index in [4.69, 9.17) is 17.3 Å². The highest BCUT2D eigenvalue weighted by Gasteiger charge is 2.04. The van der Waals surface area contributed by atoms with Crippen LogP contribution in [0.1, 0.15) is 6.42 Å². The molecule has 0 spiro atoms. The molecular formula is C12H14N4OS2. The van der Waals surface area contributed by atoms with Crippen LogP contribution in [-0.2, 0) is 0 Å². The third kappa shape index (κ3) is 4.23. The number of thiophene rings is 1. The van der Waals surface area contributed by atoms with Crippen LogP contribution in [0.4, 0.5) is 5.95 Å². The van der Waals surface area contributed by atoms with Crippen LogP contribution >= 0.6 is 23.6 Å². The summed E-state index contributed by atoms with van der Waals surface area (Å²) in [4.78, 5) is 9.61. The molecule has 2 heterocycles. The van der Waals surface area contributed by atoms with Gasteiger partial charge in [-0.15, -0.1) is 11.3 Å².